The lowest BCUT2D eigenvalue weighted by atomic mass is 10.0. The summed E-state index contributed by atoms with van der Waals surface area (Å²) < 4.78 is 7.52. The molecular formula is C29H36N4O4Si. The Morgan fingerprint density at radius 2 is 1.92 bits per heavy atom. The van der Waals surface area contributed by atoms with Crippen LogP contribution in [-0.2, 0) is 18.0 Å². The summed E-state index contributed by atoms with van der Waals surface area (Å²) in [6.07, 6.45) is 4.12. The van der Waals surface area contributed by atoms with E-state index in [2.05, 4.69) is 42.6 Å². The monoisotopic (exact) mass is 532 g/mol. The van der Waals surface area contributed by atoms with Gasteiger partial charge in [0.25, 0.3) is 5.91 Å². The largest absolute Gasteiger partial charge is 0.477 e. The predicted octanol–water partition coefficient (Wildman–Crippen LogP) is 5.69. The molecule has 0 bridgehead atoms. The number of aryl methyl sites for hydroxylation is 1. The van der Waals surface area contributed by atoms with Crippen LogP contribution in [0.25, 0.3) is 22.6 Å². The van der Waals surface area contributed by atoms with Gasteiger partial charge in [-0.15, -0.1) is 0 Å². The van der Waals surface area contributed by atoms with Gasteiger partial charge in [-0.2, -0.15) is 0 Å². The van der Waals surface area contributed by atoms with Crippen LogP contribution in [0, 0.1) is 12.8 Å². The molecular weight excluding hydrogens is 496 g/mol. The Kier molecular flexibility index (Phi) is 7.00. The van der Waals surface area contributed by atoms with Gasteiger partial charge in [0.2, 0.25) is 0 Å². The number of benzene rings is 1. The lowest BCUT2D eigenvalue weighted by Gasteiger charge is -2.23. The van der Waals surface area contributed by atoms with Crippen LogP contribution in [0.3, 0.4) is 0 Å². The smallest absolute Gasteiger partial charge is 0.354 e. The zero-order valence-electron chi connectivity index (χ0n) is 22.8. The first-order chi connectivity index (χ1) is 18.0. The van der Waals surface area contributed by atoms with E-state index in [-0.39, 0.29) is 24.4 Å². The maximum atomic E-state index is 13.0. The van der Waals surface area contributed by atoms with Gasteiger partial charge < -0.3 is 14.7 Å². The van der Waals surface area contributed by atoms with Gasteiger partial charge in [-0.05, 0) is 79.6 Å². The van der Waals surface area contributed by atoms with Crippen LogP contribution in [0.1, 0.15) is 51.9 Å². The summed E-state index contributed by atoms with van der Waals surface area (Å²) in [6, 6.07) is 11.1. The number of carbonyl (C=O) groups excluding carboxylic acids is 1. The molecule has 1 aliphatic carbocycles. The number of fused-ring (bicyclic) bond motifs is 1. The predicted molar refractivity (Wildman–Crippen MR) is 149 cm³/mol. The van der Waals surface area contributed by atoms with Gasteiger partial charge in [0.1, 0.15) is 12.4 Å². The lowest BCUT2D eigenvalue weighted by Crippen LogP contribution is -2.34. The summed E-state index contributed by atoms with van der Waals surface area (Å²) >= 11 is 0. The number of aromatic nitrogens is 3. The van der Waals surface area contributed by atoms with E-state index in [1.807, 2.05) is 29.2 Å². The molecule has 1 saturated carbocycles. The highest BCUT2D eigenvalue weighted by atomic mass is 28.3. The van der Waals surface area contributed by atoms with Gasteiger partial charge in [-0.25, -0.2) is 9.78 Å². The molecule has 1 unspecified atom stereocenters. The first-order valence-electron chi connectivity index (χ1n) is 13.3. The first kappa shape index (κ1) is 26.3. The van der Waals surface area contributed by atoms with E-state index >= 15 is 0 Å². The second-order valence-electron chi connectivity index (χ2n) is 11.8. The minimum atomic E-state index is -1.28. The van der Waals surface area contributed by atoms with Gasteiger partial charge >= 0.3 is 5.97 Å². The van der Waals surface area contributed by atoms with Gasteiger partial charge in [0, 0.05) is 39.0 Å². The van der Waals surface area contributed by atoms with Crippen LogP contribution in [0.5, 0.6) is 0 Å². The summed E-state index contributed by atoms with van der Waals surface area (Å²) in [5.41, 5.74) is 4.86. The Hall–Kier alpha value is -3.30. The Morgan fingerprint density at radius 1 is 1.18 bits per heavy atom. The highest BCUT2D eigenvalue weighted by molar-refractivity contribution is 6.76. The molecule has 1 aromatic carbocycles. The number of pyridine rings is 1. The molecule has 1 N–H and O–H groups in total. The van der Waals surface area contributed by atoms with E-state index < -0.39 is 14.0 Å². The molecule has 2 aromatic heterocycles. The van der Waals surface area contributed by atoms with Crippen molar-refractivity contribution in [2.75, 3.05) is 6.61 Å². The van der Waals surface area contributed by atoms with Crippen LogP contribution in [0.15, 0.2) is 36.5 Å². The van der Waals surface area contributed by atoms with Crippen molar-refractivity contribution in [3.63, 3.8) is 0 Å². The van der Waals surface area contributed by atoms with Crippen LogP contribution in [0.2, 0.25) is 25.7 Å². The number of ether oxygens (including phenoxy) is 1. The first-order valence-corrected chi connectivity index (χ1v) is 17.0. The SMILES string of the molecule is Cc1nc(-c2cc(-c3ccc4c(c3)CN(C(C)C3CC3)C4=O)ccn2)n(COCC[Si](C)(C)C)c1C(=O)O. The number of hydrogen-bond acceptors (Lipinski definition) is 5. The van der Waals surface area contributed by atoms with E-state index in [0.29, 0.717) is 36.3 Å². The molecule has 5 rings (SSSR count). The van der Waals surface area contributed by atoms with E-state index in [1.54, 1.807) is 17.7 Å². The maximum absolute atomic E-state index is 13.0. The topological polar surface area (TPSA) is 97.5 Å². The van der Waals surface area contributed by atoms with Crippen molar-refractivity contribution in [3.8, 4) is 22.6 Å². The third-order valence-corrected chi connectivity index (χ3v) is 9.32. The van der Waals surface area contributed by atoms with Crippen molar-refractivity contribution in [1.82, 2.24) is 19.4 Å². The zero-order chi connectivity index (χ0) is 27.2. The minimum absolute atomic E-state index is 0.101. The number of imidazole rings is 1. The van der Waals surface area contributed by atoms with E-state index in [0.717, 1.165) is 28.3 Å². The standard InChI is InChI=1S/C29H36N4O4Si/c1-18-26(29(35)36)33(17-37-12-13-38(3,4)5)27(31-18)25-15-22(10-11-30-25)21-8-9-24-23(14-21)16-32(28(24)34)19(2)20-6-7-20/h8-11,14-15,19-20H,6-7,12-13,16-17H2,1-5H3,(H,35,36). The van der Waals surface area contributed by atoms with Crippen molar-refractivity contribution >= 4 is 20.0 Å². The van der Waals surface area contributed by atoms with Crippen LogP contribution >= 0.6 is 0 Å². The van der Waals surface area contributed by atoms with E-state index in [1.165, 1.54) is 12.8 Å². The fourth-order valence-electron chi connectivity index (χ4n) is 5.12. The van der Waals surface area contributed by atoms with Crippen LogP contribution in [-0.4, -0.2) is 57.1 Å². The van der Waals surface area contributed by atoms with Crippen molar-refractivity contribution < 1.29 is 19.4 Å². The average Bonchev–Trinajstić information content (AvgIpc) is 3.59. The Morgan fingerprint density at radius 3 is 2.61 bits per heavy atom. The molecule has 0 radical (unpaired) electrons. The maximum Gasteiger partial charge on any atom is 0.354 e. The fraction of sp³-hybridized carbons (Fsp3) is 0.448. The number of amides is 1. The molecule has 3 aromatic rings. The molecule has 0 spiro atoms. The van der Waals surface area contributed by atoms with Gasteiger partial charge in [0.15, 0.2) is 11.5 Å². The number of rotatable bonds is 10. The van der Waals surface area contributed by atoms with Crippen molar-refractivity contribution in [1.29, 1.82) is 0 Å². The number of carboxylic acids is 1. The van der Waals surface area contributed by atoms with Crippen molar-refractivity contribution in [2.45, 2.75) is 71.7 Å². The third-order valence-electron chi connectivity index (χ3n) is 7.62. The molecule has 9 heteroatoms. The summed E-state index contributed by atoms with van der Waals surface area (Å²) in [6.45, 7) is 12.0. The van der Waals surface area contributed by atoms with Gasteiger partial charge in [0.05, 0.1) is 5.69 Å². The number of hydrogen-bond donors (Lipinski definition) is 1. The molecule has 1 amide bonds. The molecule has 38 heavy (non-hydrogen) atoms. The molecule has 200 valence electrons. The number of carbonyl (C=O) groups is 2. The Bertz CT molecular complexity index is 1390. The van der Waals surface area contributed by atoms with Crippen molar-refractivity contribution in [2.24, 2.45) is 5.92 Å². The quantitative estimate of drug-likeness (QED) is 0.266. The second kappa shape index (κ2) is 10.1. The Balaban J connectivity index is 1.43. The molecule has 1 atom stereocenters. The fourth-order valence-corrected chi connectivity index (χ4v) is 5.87. The van der Waals surface area contributed by atoms with Crippen LogP contribution in [0.4, 0.5) is 0 Å². The molecule has 1 fully saturated rings. The van der Waals surface area contributed by atoms with Crippen molar-refractivity contribution in [3.05, 3.63) is 59.0 Å². The van der Waals surface area contributed by atoms with Gasteiger partial charge in [-0.3, -0.25) is 14.3 Å². The molecule has 8 nitrogen and oxygen atoms in total. The lowest BCUT2D eigenvalue weighted by molar-refractivity contribution is 0.0624. The van der Waals surface area contributed by atoms with E-state index in [9.17, 15) is 14.7 Å². The third kappa shape index (κ3) is 5.30. The highest BCUT2D eigenvalue weighted by Crippen LogP contribution is 2.39. The molecule has 1 aliphatic heterocycles. The number of aromatic carboxylic acids is 1. The van der Waals surface area contributed by atoms with Crippen LogP contribution < -0.4 is 0 Å². The summed E-state index contributed by atoms with van der Waals surface area (Å²) in [5.74, 6) is 0.169. The number of carboxylic acid groups (broad SMARTS) is 1. The highest BCUT2D eigenvalue weighted by Gasteiger charge is 2.38. The average molecular weight is 533 g/mol. The Labute approximate surface area is 224 Å². The molecule has 0 saturated heterocycles. The summed E-state index contributed by atoms with van der Waals surface area (Å²) in [4.78, 5) is 36.2. The molecule has 3 heterocycles. The minimum Gasteiger partial charge on any atom is -0.477 e. The normalized spacial score (nSPS) is 16.1. The number of nitrogens with zero attached hydrogens (tertiary/aromatic N) is 4. The summed E-state index contributed by atoms with van der Waals surface area (Å²) in [5, 5.41) is 9.87. The zero-order valence-corrected chi connectivity index (χ0v) is 23.8. The summed E-state index contributed by atoms with van der Waals surface area (Å²) in [7, 11) is -1.28. The van der Waals surface area contributed by atoms with E-state index in [4.69, 9.17) is 4.74 Å². The molecule has 2 aliphatic rings. The van der Waals surface area contributed by atoms with Gasteiger partial charge in [-0.1, -0.05) is 25.7 Å². The second-order valence-corrected chi connectivity index (χ2v) is 17.4.